The second-order valence-corrected chi connectivity index (χ2v) is 5.03. The second-order valence-electron chi connectivity index (χ2n) is 5.03. The van der Waals surface area contributed by atoms with Crippen molar-refractivity contribution >= 4 is 5.91 Å². The first kappa shape index (κ1) is 13.6. The summed E-state index contributed by atoms with van der Waals surface area (Å²) in [6.45, 7) is 0.586. The van der Waals surface area contributed by atoms with Gasteiger partial charge in [0.1, 0.15) is 5.41 Å². The molecular formula is C15H18N2O2. The number of aliphatic hydroxyl groups is 1. The molecule has 1 fully saturated rings. The van der Waals surface area contributed by atoms with E-state index in [1.807, 2.05) is 24.3 Å². The number of amides is 1. The van der Waals surface area contributed by atoms with Gasteiger partial charge in [0, 0.05) is 6.54 Å². The summed E-state index contributed by atoms with van der Waals surface area (Å²) in [5.74, 6) is -0.131. The van der Waals surface area contributed by atoms with E-state index in [-0.39, 0.29) is 12.5 Å². The van der Waals surface area contributed by atoms with Crippen LogP contribution in [0.5, 0.6) is 0 Å². The lowest BCUT2D eigenvalue weighted by Gasteiger charge is -2.33. The number of carbonyl (C=O) groups excluding carboxylic acids is 1. The zero-order valence-electron chi connectivity index (χ0n) is 10.9. The Morgan fingerprint density at radius 1 is 1.32 bits per heavy atom. The number of hydrogen-bond acceptors (Lipinski definition) is 3. The highest BCUT2D eigenvalue weighted by atomic mass is 16.3. The summed E-state index contributed by atoms with van der Waals surface area (Å²) in [6.07, 6.45) is 3.06. The number of benzene rings is 1. The summed E-state index contributed by atoms with van der Waals surface area (Å²) in [4.78, 5) is 11.9. The van der Waals surface area contributed by atoms with E-state index in [0.717, 1.165) is 24.0 Å². The molecule has 2 rings (SSSR count). The van der Waals surface area contributed by atoms with Gasteiger partial charge in [-0.2, -0.15) is 5.26 Å². The fourth-order valence-electron chi connectivity index (χ4n) is 2.22. The van der Waals surface area contributed by atoms with Gasteiger partial charge in [0.05, 0.1) is 12.7 Å². The molecule has 1 aliphatic rings. The Hall–Kier alpha value is -1.86. The molecule has 0 atom stereocenters. The molecule has 0 bridgehead atoms. The van der Waals surface area contributed by atoms with Crippen LogP contribution in [0, 0.1) is 16.7 Å². The summed E-state index contributed by atoms with van der Waals surface area (Å²) in [7, 11) is 0. The minimum atomic E-state index is -0.763. The van der Waals surface area contributed by atoms with Crippen molar-refractivity contribution in [2.24, 2.45) is 5.41 Å². The van der Waals surface area contributed by atoms with Crippen molar-refractivity contribution < 1.29 is 9.90 Å². The first-order valence-electron chi connectivity index (χ1n) is 6.58. The second kappa shape index (κ2) is 5.85. The Labute approximate surface area is 113 Å². The van der Waals surface area contributed by atoms with E-state index in [1.54, 1.807) is 0 Å². The average molecular weight is 258 g/mol. The van der Waals surface area contributed by atoms with E-state index in [1.165, 1.54) is 0 Å². The topological polar surface area (TPSA) is 73.1 Å². The normalized spacial score (nSPS) is 16.2. The van der Waals surface area contributed by atoms with E-state index in [4.69, 9.17) is 10.4 Å². The fraction of sp³-hybridized carbons (Fsp3) is 0.467. The smallest absolute Gasteiger partial charge is 0.240 e. The Kier molecular flexibility index (Phi) is 4.18. The maximum Gasteiger partial charge on any atom is 0.240 e. The van der Waals surface area contributed by atoms with Gasteiger partial charge in [-0.1, -0.05) is 24.3 Å². The van der Waals surface area contributed by atoms with Crippen LogP contribution in [0.4, 0.5) is 0 Å². The third-order valence-corrected chi connectivity index (χ3v) is 3.76. The molecule has 0 aromatic heterocycles. The lowest BCUT2D eigenvalue weighted by atomic mass is 9.69. The van der Waals surface area contributed by atoms with Gasteiger partial charge in [-0.15, -0.1) is 0 Å². The van der Waals surface area contributed by atoms with Crippen LogP contribution in [-0.2, 0) is 17.8 Å². The van der Waals surface area contributed by atoms with E-state index >= 15 is 0 Å². The molecule has 1 aliphatic carbocycles. The zero-order valence-corrected chi connectivity index (χ0v) is 10.9. The van der Waals surface area contributed by atoms with Crippen LogP contribution in [0.15, 0.2) is 24.3 Å². The molecule has 1 aromatic carbocycles. The predicted molar refractivity (Wildman–Crippen MR) is 71.0 cm³/mol. The summed E-state index contributed by atoms with van der Waals surface area (Å²) in [5, 5.41) is 20.8. The van der Waals surface area contributed by atoms with Gasteiger partial charge in [0.15, 0.2) is 0 Å². The van der Waals surface area contributed by atoms with Gasteiger partial charge in [-0.05, 0) is 36.8 Å². The van der Waals surface area contributed by atoms with Gasteiger partial charge < -0.3 is 10.4 Å². The van der Waals surface area contributed by atoms with Crippen LogP contribution >= 0.6 is 0 Å². The van der Waals surface area contributed by atoms with Gasteiger partial charge in [0.2, 0.25) is 5.91 Å². The Bertz CT molecular complexity index is 484. The molecule has 1 amide bonds. The molecule has 0 spiro atoms. The molecular weight excluding hydrogens is 240 g/mol. The van der Waals surface area contributed by atoms with Crippen LogP contribution < -0.4 is 5.32 Å². The van der Waals surface area contributed by atoms with E-state index in [2.05, 4.69) is 11.4 Å². The first-order chi connectivity index (χ1) is 9.20. The molecule has 4 heteroatoms. The SMILES string of the molecule is N#CC1(C(=O)NCCc2ccc(CO)cc2)CCC1. The van der Waals surface area contributed by atoms with Gasteiger partial charge in [0.25, 0.3) is 0 Å². The van der Waals surface area contributed by atoms with Crippen LogP contribution in [-0.4, -0.2) is 17.6 Å². The van der Waals surface area contributed by atoms with E-state index in [0.29, 0.717) is 19.4 Å². The lowest BCUT2D eigenvalue weighted by Crippen LogP contribution is -2.45. The van der Waals surface area contributed by atoms with Crippen molar-refractivity contribution in [1.29, 1.82) is 5.26 Å². The van der Waals surface area contributed by atoms with Crippen molar-refractivity contribution in [1.82, 2.24) is 5.32 Å². The van der Waals surface area contributed by atoms with E-state index in [9.17, 15) is 4.79 Å². The molecule has 0 heterocycles. The molecule has 100 valence electrons. The fourth-order valence-corrected chi connectivity index (χ4v) is 2.22. The molecule has 0 unspecified atom stereocenters. The van der Waals surface area contributed by atoms with Crippen molar-refractivity contribution in [3.05, 3.63) is 35.4 Å². The van der Waals surface area contributed by atoms with Gasteiger partial charge in [-0.25, -0.2) is 0 Å². The minimum absolute atomic E-state index is 0.0434. The molecule has 19 heavy (non-hydrogen) atoms. The molecule has 1 saturated carbocycles. The lowest BCUT2D eigenvalue weighted by molar-refractivity contribution is -0.131. The van der Waals surface area contributed by atoms with Crippen LogP contribution in [0.25, 0.3) is 0 Å². The first-order valence-corrected chi connectivity index (χ1v) is 6.58. The summed E-state index contributed by atoms with van der Waals surface area (Å²) in [6, 6.07) is 9.78. The van der Waals surface area contributed by atoms with Crippen LogP contribution in [0.1, 0.15) is 30.4 Å². The molecule has 0 aliphatic heterocycles. The highest BCUT2D eigenvalue weighted by Gasteiger charge is 2.44. The Morgan fingerprint density at radius 2 is 1.95 bits per heavy atom. The predicted octanol–water partition coefficient (Wildman–Crippen LogP) is 1.53. The summed E-state index contributed by atoms with van der Waals surface area (Å²) >= 11 is 0. The maximum atomic E-state index is 11.9. The average Bonchev–Trinajstić information content (AvgIpc) is 2.39. The van der Waals surface area contributed by atoms with E-state index < -0.39 is 5.41 Å². The number of aliphatic hydroxyl groups excluding tert-OH is 1. The van der Waals surface area contributed by atoms with Gasteiger partial charge >= 0.3 is 0 Å². The highest BCUT2D eigenvalue weighted by Crippen LogP contribution is 2.40. The third-order valence-electron chi connectivity index (χ3n) is 3.76. The minimum Gasteiger partial charge on any atom is -0.392 e. The number of rotatable bonds is 5. The molecule has 1 aromatic rings. The number of hydrogen-bond donors (Lipinski definition) is 2. The van der Waals surface area contributed by atoms with Crippen molar-refractivity contribution in [2.45, 2.75) is 32.3 Å². The van der Waals surface area contributed by atoms with Crippen LogP contribution in [0.3, 0.4) is 0 Å². The van der Waals surface area contributed by atoms with Gasteiger partial charge in [-0.3, -0.25) is 4.79 Å². The monoisotopic (exact) mass is 258 g/mol. The zero-order chi connectivity index (χ0) is 13.7. The number of nitriles is 1. The van der Waals surface area contributed by atoms with Crippen molar-refractivity contribution in [3.63, 3.8) is 0 Å². The van der Waals surface area contributed by atoms with Crippen molar-refractivity contribution in [2.75, 3.05) is 6.54 Å². The van der Waals surface area contributed by atoms with Crippen LogP contribution in [0.2, 0.25) is 0 Å². The summed E-state index contributed by atoms with van der Waals surface area (Å²) < 4.78 is 0. The quantitative estimate of drug-likeness (QED) is 0.841. The maximum absolute atomic E-state index is 11.9. The standard InChI is InChI=1S/C15H18N2O2/c16-11-15(7-1-8-15)14(19)17-9-6-12-2-4-13(10-18)5-3-12/h2-5,18H,1,6-10H2,(H,17,19). The molecule has 0 saturated heterocycles. The molecule has 4 nitrogen and oxygen atoms in total. The third kappa shape index (κ3) is 2.94. The Balaban J connectivity index is 1.80. The number of nitrogens with zero attached hydrogens (tertiary/aromatic N) is 1. The molecule has 0 radical (unpaired) electrons. The number of nitrogens with one attached hydrogen (secondary N) is 1. The molecule has 2 N–H and O–H groups in total. The highest BCUT2D eigenvalue weighted by molar-refractivity contribution is 5.86. The van der Waals surface area contributed by atoms with Crippen molar-refractivity contribution in [3.8, 4) is 6.07 Å². The largest absolute Gasteiger partial charge is 0.392 e. The Morgan fingerprint density at radius 3 is 2.42 bits per heavy atom. The summed E-state index contributed by atoms with van der Waals surface area (Å²) in [5.41, 5.74) is 1.23. The number of carbonyl (C=O) groups is 1.